The maximum atomic E-state index is 12.9. The summed E-state index contributed by atoms with van der Waals surface area (Å²) in [5, 5.41) is 14.9. The van der Waals surface area contributed by atoms with Gasteiger partial charge >= 0.3 is 0 Å². The number of rotatable bonds is 5. The van der Waals surface area contributed by atoms with Gasteiger partial charge in [-0.1, -0.05) is 6.92 Å². The third-order valence-electron chi connectivity index (χ3n) is 3.30. The van der Waals surface area contributed by atoms with Gasteiger partial charge in [0.2, 0.25) is 0 Å². The molecule has 0 spiro atoms. The van der Waals surface area contributed by atoms with E-state index in [1.165, 1.54) is 12.1 Å². The average Bonchev–Trinajstić information content (AvgIpc) is 2.86. The van der Waals surface area contributed by atoms with Crippen LogP contribution in [0.15, 0.2) is 30.7 Å². The Morgan fingerprint density at radius 1 is 1.32 bits per heavy atom. The highest BCUT2D eigenvalue weighted by Gasteiger charge is 2.29. The normalized spacial score (nSPS) is 14.3. The minimum atomic E-state index is -1.09. The number of aromatic nitrogens is 3. The van der Waals surface area contributed by atoms with Crippen molar-refractivity contribution in [3.63, 3.8) is 0 Å². The summed E-state index contributed by atoms with van der Waals surface area (Å²) in [4.78, 5) is 3.99. The number of pyridine rings is 1. The summed E-state index contributed by atoms with van der Waals surface area (Å²) in [6.07, 6.45) is 5.70. The van der Waals surface area contributed by atoms with Crippen LogP contribution in [0.1, 0.15) is 31.5 Å². The van der Waals surface area contributed by atoms with Crippen LogP contribution in [-0.2, 0) is 18.6 Å². The van der Waals surface area contributed by atoms with E-state index in [1.54, 1.807) is 6.20 Å². The number of nitrogens with zero attached hydrogens (tertiary/aromatic N) is 3. The van der Waals surface area contributed by atoms with Crippen LogP contribution in [0.2, 0.25) is 0 Å². The molecule has 2 heterocycles. The van der Waals surface area contributed by atoms with Crippen LogP contribution in [0.5, 0.6) is 0 Å². The average molecular weight is 263 g/mol. The van der Waals surface area contributed by atoms with E-state index >= 15 is 0 Å². The van der Waals surface area contributed by atoms with Gasteiger partial charge in [-0.2, -0.15) is 5.10 Å². The lowest BCUT2D eigenvalue weighted by atomic mass is 9.89. The summed E-state index contributed by atoms with van der Waals surface area (Å²) in [6, 6.07) is 2.85. The van der Waals surface area contributed by atoms with Crippen LogP contribution in [0, 0.1) is 5.82 Å². The van der Waals surface area contributed by atoms with Gasteiger partial charge in [0.15, 0.2) is 0 Å². The highest BCUT2D eigenvalue weighted by atomic mass is 19.1. The van der Waals surface area contributed by atoms with E-state index in [9.17, 15) is 9.50 Å². The summed E-state index contributed by atoms with van der Waals surface area (Å²) in [5.74, 6) is -0.402. The highest BCUT2D eigenvalue weighted by Crippen LogP contribution is 2.27. The zero-order valence-corrected chi connectivity index (χ0v) is 11.2. The van der Waals surface area contributed by atoms with Gasteiger partial charge in [0.05, 0.1) is 18.1 Å². The first-order valence-corrected chi connectivity index (χ1v) is 6.43. The number of hydrogen-bond donors (Lipinski definition) is 1. The zero-order chi connectivity index (χ0) is 13.9. The Bertz CT molecular complexity index is 538. The Labute approximate surface area is 111 Å². The van der Waals surface area contributed by atoms with Gasteiger partial charge < -0.3 is 5.11 Å². The van der Waals surface area contributed by atoms with E-state index in [4.69, 9.17) is 0 Å². The molecule has 1 N–H and O–H groups in total. The summed E-state index contributed by atoms with van der Waals surface area (Å²) >= 11 is 0. The topological polar surface area (TPSA) is 50.9 Å². The molecule has 1 unspecified atom stereocenters. The van der Waals surface area contributed by atoms with Crippen LogP contribution in [0.4, 0.5) is 4.39 Å². The van der Waals surface area contributed by atoms with Crippen molar-refractivity contribution >= 4 is 0 Å². The van der Waals surface area contributed by atoms with E-state index < -0.39 is 11.4 Å². The largest absolute Gasteiger partial charge is 0.383 e. The third kappa shape index (κ3) is 2.98. The van der Waals surface area contributed by atoms with Crippen LogP contribution in [-0.4, -0.2) is 19.9 Å². The highest BCUT2D eigenvalue weighted by molar-refractivity contribution is 5.19. The fourth-order valence-electron chi connectivity index (χ4n) is 2.06. The van der Waals surface area contributed by atoms with Crippen LogP contribution < -0.4 is 0 Å². The minimum absolute atomic E-state index is 0.402. The van der Waals surface area contributed by atoms with Gasteiger partial charge in [0.1, 0.15) is 11.4 Å². The molecule has 2 aromatic rings. The van der Waals surface area contributed by atoms with Gasteiger partial charge in [-0.05, 0) is 31.0 Å². The van der Waals surface area contributed by atoms with Crippen LogP contribution in [0.25, 0.3) is 0 Å². The van der Waals surface area contributed by atoms with Crippen molar-refractivity contribution in [1.29, 1.82) is 0 Å². The fourth-order valence-corrected chi connectivity index (χ4v) is 2.06. The molecule has 102 valence electrons. The van der Waals surface area contributed by atoms with Gasteiger partial charge in [-0.3, -0.25) is 9.67 Å². The lowest BCUT2D eigenvalue weighted by molar-refractivity contribution is 0.0282. The molecule has 0 bridgehead atoms. The number of hydrogen-bond acceptors (Lipinski definition) is 3. The summed E-state index contributed by atoms with van der Waals surface area (Å²) in [5.41, 5.74) is 0.341. The van der Waals surface area contributed by atoms with Crippen molar-refractivity contribution in [3.8, 4) is 0 Å². The third-order valence-corrected chi connectivity index (χ3v) is 3.30. The Kier molecular flexibility index (Phi) is 3.95. The molecule has 5 heteroatoms. The predicted molar refractivity (Wildman–Crippen MR) is 70.0 cm³/mol. The standard InChI is InChI=1S/C14H18FN3O/c1-3-14(19,13-6-5-12(15)9-16-13)7-11-8-17-18(4-2)10-11/h5-6,8-10,19H,3-4,7H2,1-2H3. The Balaban J connectivity index is 2.24. The zero-order valence-electron chi connectivity index (χ0n) is 11.2. The second-order valence-electron chi connectivity index (χ2n) is 4.63. The molecule has 0 fully saturated rings. The lowest BCUT2D eigenvalue weighted by Gasteiger charge is -2.25. The van der Waals surface area contributed by atoms with E-state index in [-0.39, 0.29) is 0 Å². The quantitative estimate of drug-likeness (QED) is 0.900. The van der Waals surface area contributed by atoms with Gasteiger partial charge in [-0.25, -0.2) is 4.39 Å². The molecule has 0 aromatic carbocycles. The molecule has 0 amide bonds. The van der Waals surface area contributed by atoms with Crippen molar-refractivity contribution in [2.45, 2.75) is 38.8 Å². The molecule has 0 aliphatic rings. The van der Waals surface area contributed by atoms with Gasteiger partial charge in [0, 0.05) is 19.2 Å². The summed E-state index contributed by atoms with van der Waals surface area (Å²) in [6.45, 7) is 4.68. The molecule has 0 aliphatic carbocycles. The van der Waals surface area contributed by atoms with Gasteiger partial charge in [-0.15, -0.1) is 0 Å². The lowest BCUT2D eigenvalue weighted by Crippen LogP contribution is -2.28. The van der Waals surface area contributed by atoms with E-state index in [0.29, 0.717) is 18.5 Å². The number of aryl methyl sites for hydroxylation is 1. The molecule has 0 saturated heterocycles. The number of halogens is 1. The molecular formula is C14H18FN3O. The maximum absolute atomic E-state index is 12.9. The molecule has 4 nitrogen and oxygen atoms in total. The molecule has 0 aliphatic heterocycles. The van der Waals surface area contributed by atoms with Crippen molar-refractivity contribution < 1.29 is 9.50 Å². The molecule has 1 atom stereocenters. The minimum Gasteiger partial charge on any atom is -0.383 e. The molecule has 0 radical (unpaired) electrons. The second kappa shape index (κ2) is 5.48. The predicted octanol–water partition coefficient (Wildman–Crippen LogP) is 2.28. The Hall–Kier alpha value is -1.75. The molecule has 0 saturated carbocycles. The van der Waals surface area contributed by atoms with Crippen molar-refractivity contribution in [2.24, 2.45) is 0 Å². The van der Waals surface area contributed by atoms with Crippen LogP contribution >= 0.6 is 0 Å². The second-order valence-corrected chi connectivity index (χ2v) is 4.63. The number of aliphatic hydroxyl groups is 1. The summed E-state index contributed by atoms with van der Waals surface area (Å²) in [7, 11) is 0. The van der Waals surface area contributed by atoms with E-state index in [0.717, 1.165) is 18.3 Å². The smallest absolute Gasteiger partial charge is 0.141 e. The first kappa shape index (κ1) is 13.7. The van der Waals surface area contributed by atoms with Crippen LogP contribution in [0.3, 0.4) is 0 Å². The maximum Gasteiger partial charge on any atom is 0.141 e. The molecular weight excluding hydrogens is 245 g/mol. The van der Waals surface area contributed by atoms with Crippen molar-refractivity contribution in [3.05, 3.63) is 47.8 Å². The molecule has 19 heavy (non-hydrogen) atoms. The SMILES string of the molecule is CCn1cc(CC(O)(CC)c2ccc(F)cn2)cn1. The Morgan fingerprint density at radius 2 is 2.11 bits per heavy atom. The van der Waals surface area contributed by atoms with Gasteiger partial charge in [0.25, 0.3) is 0 Å². The molecule has 2 aromatic heterocycles. The Morgan fingerprint density at radius 3 is 2.63 bits per heavy atom. The van der Waals surface area contributed by atoms with E-state index in [2.05, 4.69) is 10.1 Å². The summed E-state index contributed by atoms with van der Waals surface area (Å²) < 4.78 is 14.7. The van der Waals surface area contributed by atoms with E-state index in [1.807, 2.05) is 24.7 Å². The monoisotopic (exact) mass is 263 g/mol. The molecule has 2 rings (SSSR count). The first-order chi connectivity index (χ1) is 9.07. The first-order valence-electron chi connectivity index (χ1n) is 6.43. The van der Waals surface area contributed by atoms with Crippen molar-refractivity contribution in [1.82, 2.24) is 14.8 Å². The fraction of sp³-hybridized carbons (Fsp3) is 0.429. The van der Waals surface area contributed by atoms with Crippen molar-refractivity contribution in [2.75, 3.05) is 0 Å².